The Kier molecular flexibility index (Phi) is 4.22. The van der Waals surface area contributed by atoms with Gasteiger partial charge >= 0.3 is 5.97 Å². The summed E-state index contributed by atoms with van der Waals surface area (Å²) in [6.07, 6.45) is 2.43. The van der Waals surface area contributed by atoms with Gasteiger partial charge in [0.25, 0.3) is 0 Å². The average molecular weight is 329 g/mol. The number of nitrogens with zero attached hydrogens (tertiary/aromatic N) is 1. The molecule has 0 saturated carbocycles. The monoisotopic (exact) mass is 329 g/mol. The first-order valence-electron chi connectivity index (χ1n) is 7.75. The van der Waals surface area contributed by atoms with Crippen LogP contribution >= 0.6 is 11.3 Å². The number of ether oxygens (including phenoxy) is 1. The first kappa shape index (κ1) is 15.7. The summed E-state index contributed by atoms with van der Waals surface area (Å²) in [5.74, 6) is -0.302. The second-order valence-electron chi connectivity index (χ2n) is 5.75. The maximum atomic E-state index is 12.8. The predicted molar refractivity (Wildman–Crippen MR) is 90.8 cm³/mol. The Morgan fingerprint density at radius 3 is 2.78 bits per heavy atom. The van der Waals surface area contributed by atoms with Crippen molar-refractivity contribution in [2.45, 2.75) is 39.8 Å². The summed E-state index contributed by atoms with van der Waals surface area (Å²) < 4.78 is 7.23. The molecule has 0 aromatic carbocycles. The van der Waals surface area contributed by atoms with E-state index >= 15 is 0 Å². The van der Waals surface area contributed by atoms with E-state index in [2.05, 4.69) is 0 Å². The maximum absolute atomic E-state index is 12.8. The summed E-state index contributed by atoms with van der Waals surface area (Å²) in [6, 6.07) is 5.66. The number of ketones is 1. The van der Waals surface area contributed by atoms with Crippen LogP contribution in [0.5, 0.6) is 0 Å². The molecule has 23 heavy (non-hydrogen) atoms. The van der Waals surface area contributed by atoms with Crippen LogP contribution < -0.4 is 0 Å². The van der Waals surface area contributed by atoms with Crippen LogP contribution in [0.25, 0.3) is 5.57 Å². The second-order valence-corrected chi connectivity index (χ2v) is 6.69. The molecule has 4 nitrogen and oxygen atoms in total. The summed E-state index contributed by atoms with van der Waals surface area (Å²) in [6.45, 7) is 6.21. The quantitative estimate of drug-likeness (QED) is 0.621. The van der Waals surface area contributed by atoms with Crippen molar-refractivity contribution in [1.82, 2.24) is 4.57 Å². The first-order valence-corrected chi connectivity index (χ1v) is 8.63. The molecule has 1 aliphatic heterocycles. The standard InChI is InChI=1S/C18H19NO3S/c1-4-12-10-14-13(18(21)22-11(2)3)7-8-19(14)16(12)17(20)15-6-5-9-23-15/h5-7,9-11H,4,8H2,1-3H3. The predicted octanol–water partition coefficient (Wildman–Crippen LogP) is 3.69. The third-order valence-electron chi connectivity index (χ3n) is 3.83. The largest absolute Gasteiger partial charge is 0.459 e. The molecule has 0 fully saturated rings. The highest BCUT2D eigenvalue weighted by Crippen LogP contribution is 2.31. The van der Waals surface area contributed by atoms with E-state index in [0.29, 0.717) is 17.8 Å². The van der Waals surface area contributed by atoms with Crippen LogP contribution in [0.3, 0.4) is 0 Å². The zero-order valence-corrected chi connectivity index (χ0v) is 14.3. The van der Waals surface area contributed by atoms with E-state index in [0.717, 1.165) is 22.6 Å². The smallest absolute Gasteiger partial charge is 0.340 e. The number of carbonyl (C=O) groups is 2. The third-order valence-corrected chi connectivity index (χ3v) is 4.70. The highest BCUT2D eigenvalue weighted by atomic mass is 32.1. The van der Waals surface area contributed by atoms with E-state index in [1.54, 1.807) is 0 Å². The van der Waals surface area contributed by atoms with E-state index < -0.39 is 0 Å². The molecule has 1 aliphatic rings. The van der Waals surface area contributed by atoms with Gasteiger partial charge in [0.15, 0.2) is 0 Å². The van der Waals surface area contributed by atoms with Crippen LogP contribution in [0.4, 0.5) is 0 Å². The molecule has 3 heterocycles. The Morgan fingerprint density at radius 2 is 2.17 bits per heavy atom. The Labute approximate surface area is 139 Å². The minimum Gasteiger partial charge on any atom is -0.459 e. The SMILES string of the molecule is CCc1cc2n(c1C(=O)c1cccs1)CC=C2C(=O)OC(C)C. The van der Waals surface area contributed by atoms with Gasteiger partial charge in [-0.1, -0.05) is 13.0 Å². The van der Waals surface area contributed by atoms with Gasteiger partial charge in [0.05, 0.1) is 27.9 Å². The fourth-order valence-electron chi connectivity index (χ4n) is 2.83. The summed E-state index contributed by atoms with van der Waals surface area (Å²) in [5, 5.41) is 1.90. The summed E-state index contributed by atoms with van der Waals surface area (Å²) in [7, 11) is 0. The van der Waals surface area contributed by atoms with E-state index in [9.17, 15) is 9.59 Å². The topological polar surface area (TPSA) is 48.3 Å². The lowest BCUT2D eigenvalue weighted by Crippen LogP contribution is -2.13. The van der Waals surface area contributed by atoms with Crippen molar-refractivity contribution < 1.29 is 14.3 Å². The molecule has 0 bridgehead atoms. The highest BCUT2D eigenvalue weighted by Gasteiger charge is 2.29. The van der Waals surface area contributed by atoms with Gasteiger partial charge in [0.1, 0.15) is 0 Å². The summed E-state index contributed by atoms with van der Waals surface area (Å²) in [5.41, 5.74) is 3.00. The fourth-order valence-corrected chi connectivity index (χ4v) is 3.50. The molecule has 120 valence electrons. The lowest BCUT2D eigenvalue weighted by Gasteiger charge is -2.09. The van der Waals surface area contributed by atoms with Gasteiger partial charge in [-0.15, -0.1) is 11.3 Å². The van der Waals surface area contributed by atoms with Gasteiger partial charge < -0.3 is 9.30 Å². The van der Waals surface area contributed by atoms with Gasteiger partial charge in [0, 0.05) is 6.54 Å². The molecular weight excluding hydrogens is 310 g/mol. The normalized spacial score (nSPS) is 13.1. The highest BCUT2D eigenvalue weighted by molar-refractivity contribution is 7.12. The van der Waals surface area contributed by atoms with Gasteiger partial charge in [-0.3, -0.25) is 4.79 Å². The Morgan fingerprint density at radius 1 is 1.39 bits per heavy atom. The van der Waals surface area contributed by atoms with E-state index in [-0.39, 0.29) is 17.9 Å². The van der Waals surface area contributed by atoms with Gasteiger partial charge in [-0.25, -0.2) is 4.79 Å². The fraction of sp³-hybridized carbons (Fsp3) is 0.333. The molecule has 0 saturated heterocycles. The number of thiophene rings is 1. The van der Waals surface area contributed by atoms with Crippen LogP contribution in [0, 0.1) is 0 Å². The summed E-state index contributed by atoms with van der Waals surface area (Å²) >= 11 is 1.44. The Hall–Kier alpha value is -2.14. The first-order chi connectivity index (χ1) is 11.0. The number of esters is 1. The maximum Gasteiger partial charge on any atom is 0.340 e. The van der Waals surface area contributed by atoms with Crippen molar-refractivity contribution in [2.75, 3.05) is 0 Å². The Bertz CT molecular complexity index is 782. The van der Waals surface area contributed by atoms with Crippen molar-refractivity contribution in [3.63, 3.8) is 0 Å². The Balaban J connectivity index is 2.00. The number of hydrogen-bond acceptors (Lipinski definition) is 4. The number of aromatic nitrogens is 1. The molecule has 0 amide bonds. The van der Waals surface area contributed by atoms with Crippen LogP contribution in [0.1, 0.15) is 47.4 Å². The molecule has 5 heteroatoms. The zero-order valence-electron chi connectivity index (χ0n) is 13.5. The van der Waals surface area contributed by atoms with Crippen molar-refractivity contribution in [1.29, 1.82) is 0 Å². The van der Waals surface area contributed by atoms with E-state index in [1.807, 2.05) is 55.0 Å². The molecule has 0 unspecified atom stereocenters. The second kappa shape index (κ2) is 6.16. The average Bonchev–Trinajstić information content (AvgIpc) is 3.21. The lowest BCUT2D eigenvalue weighted by atomic mass is 10.1. The number of carbonyl (C=O) groups excluding carboxylic acids is 2. The molecule has 0 aliphatic carbocycles. The van der Waals surface area contributed by atoms with Gasteiger partial charge in [-0.2, -0.15) is 0 Å². The summed E-state index contributed by atoms with van der Waals surface area (Å²) in [4.78, 5) is 25.8. The van der Waals surface area contributed by atoms with Gasteiger partial charge in [-0.05, 0) is 49.4 Å². The molecule has 3 rings (SSSR count). The molecule has 2 aromatic heterocycles. The molecule has 0 atom stereocenters. The van der Waals surface area contributed by atoms with Crippen LogP contribution in [0.15, 0.2) is 29.7 Å². The van der Waals surface area contributed by atoms with Crippen LogP contribution in [-0.2, 0) is 22.5 Å². The molecule has 2 aromatic rings. The van der Waals surface area contributed by atoms with Crippen molar-refractivity contribution in [2.24, 2.45) is 0 Å². The van der Waals surface area contributed by atoms with Crippen molar-refractivity contribution in [3.8, 4) is 0 Å². The lowest BCUT2D eigenvalue weighted by molar-refractivity contribution is -0.140. The number of hydrogen-bond donors (Lipinski definition) is 0. The van der Waals surface area contributed by atoms with Crippen LogP contribution in [0.2, 0.25) is 0 Å². The molecule has 0 spiro atoms. The molecule has 0 radical (unpaired) electrons. The minimum atomic E-state index is -0.325. The zero-order chi connectivity index (χ0) is 16.6. The molecular formula is C18H19NO3S. The van der Waals surface area contributed by atoms with E-state index in [1.165, 1.54) is 11.3 Å². The molecule has 0 N–H and O–H groups in total. The third kappa shape index (κ3) is 2.77. The van der Waals surface area contributed by atoms with E-state index in [4.69, 9.17) is 4.74 Å². The van der Waals surface area contributed by atoms with Crippen molar-refractivity contribution in [3.05, 3.63) is 51.5 Å². The van der Waals surface area contributed by atoms with Gasteiger partial charge in [0.2, 0.25) is 5.78 Å². The number of fused-ring (bicyclic) bond motifs is 1. The minimum absolute atomic E-state index is 0.0231. The van der Waals surface area contributed by atoms with Crippen LogP contribution in [-0.4, -0.2) is 22.4 Å². The number of rotatable bonds is 5. The van der Waals surface area contributed by atoms with Crippen molar-refractivity contribution >= 4 is 28.7 Å². The number of aryl methyl sites for hydroxylation is 1. The number of allylic oxidation sites excluding steroid dienone is 1.